The van der Waals surface area contributed by atoms with E-state index in [1.807, 2.05) is 13.8 Å². The first-order valence-electron chi connectivity index (χ1n) is 5.15. The summed E-state index contributed by atoms with van der Waals surface area (Å²) in [5.41, 5.74) is 0.506. The molecule has 5 nitrogen and oxygen atoms in total. The average Bonchev–Trinajstić information content (AvgIpc) is 2.30. The standard InChI is InChI=1S/C11H15N3O2/c1-3-8(2)13-10(15)11(16)14-9-5-4-6-12-7-9/h4-8H,3H2,1-2H3,(H,13,15)(H,14,16)/t8-/m0/s1. The van der Waals surface area contributed by atoms with Crippen LogP contribution in [0.3, 0.4) is 0 Å². The molecule has 0 aliphatic rings. The summed E-state index contributed by atoms with van der Waals surface area (Å²) in [5, 5.41) is 5.04. The Morgan fingerprint density at radius 3 is 2.75 bits per heavy atom. The molecule has 0 saturated heterocycles. The largest absolute Gasteiger partial charge is 0.345 e. The maximum atomic E-state index is 11.4. The van der Waals surface area contributed by atoms with Gasteiger partial charge >= 0.3 is 11.8 Å². The highest BCUT2D eigenvalue weighted by atomic mass is 16.2. The van der Waals surface area contributed by atoms with Gasteiger partial charge in [0.15, 0.2) is 0 Å². The van der Waals surface area contributed by atoms with E-state index in [0.717, 1.165) is 6.42 Å². The predicted octanol–water partition coefficient (Wildman–Crippen LogP) is 0.935. The van der Waals surface area contributed by atoms with Crippen LogP contribution < -0.4 is 10.6 Å². The molecule has 0 spiro atoms. The van der Waals surface area contributed by atoms with Gasteiger partial charge in [0.25, 0.3) is 0 Å². The highest BCUT2D eigenvalue weighted by Gasteiger charge is 2.15. The number of nitrogens with zero attached hydrogens (tertiary/aromatic N) is 1. The Morgan fingerprint density at radius 2 is 2.19 bits per heavy atom. The van der Waals surface area contributed by atoms with E-state index in [1.54, 1.807) is 18.3 Å². The number of anilines is 1. The summed E-state index contributed by atoms with van der Waals surface area (Å²) in [6.07, 6.45) is 3.86. The van der Waals surface area contributed by atoms with Crippen LogP contribution in [0.15, 0.2) is 24.5 Å². The minimum Gasteiger partial charge on any atom is -0.345 e. The Balaban J connectivity index is 2.50. The molecule has 1 aromatic rings. The van der Waals surface area contributed by atoms with E-state index in [4.69, 9.17) is 0 Å². The van der Waals surface area contributed by atoms with Gasteiger partial charge in [-0.3, -0.25) is 14.6 Å². The van der Waals surface area contributed by atoms with Crippen LogP contribution in [0.25, 0.3) is 0 Å². The third kappa shape index (κ3) is 3.68. The van der Waals surface area contributed by atoms with Gasteiger partial charge in [-0.25, -0.2) is 0 Å². The summed E-state index contributed by atoms with van der Waals surface area (Å²) in [6, 6.07) is 3.34. The average molecular weight is 221 g/mol. The molecule has 0 radical (unpaired) electrons. The first-order chi connectivity index (χ1) is 7.63. The predicted molar refractivity (Wildman–Crippen MR) is 60.8 cm³/mol. The monoisotopic (exact) mass is 221 g/mol. The molecule has 0 aliphatic carbocycles. The van der Waals surface area contributed by atoms with Gasteiger partial charge in [0.2, 0.25) is 0 Å². The smallest absolute Gasteiger partial charge is 0.313 e. The van der Waals surface area contributed by atoms with Gasteiger partial charge < -0.3 is 10.6 Å². The van der Waals surface area contributed by atoms with E-state index < -0.39 is 11.8 Å². The number of carbonyl (C=O) groups is 2. The highest BCUT2D eigenvalue weighted by Crippen LogP contribution is 2.02. The fourth-order valence-corrected chi connectivity index (χ4v) is 1.02. The Hall–Kier alpha value is -1.91. The molecule has 16 heavy (non-hydrogen) atoms. The third-order valence-electron chi connectivity index (χ3n) is 2.12. The van der Waals surface area contributed by atoms with Crippen LogP contribution in [-0.4, -0.2) is 22.8 Å². The van der Waals surface area contributed by atoms with Crippen LogP contribution in [-0.2, 0) is 9.59 Å². The van der Waals surface area contributed by atoms with Gasteiger partial charge in [-0.2, -0.15) is 0 Å². The van der Waals surface area contributed by atoms with Crippen molar-refractivity contribution in [3.63, 3.8) is 0 Å². The molecule has 1 atom stereocenters. The lowest BCUT2D eigenvalue weighted by atomic mass is 10.2. The van der Waals surface area contributed by atoms with Crippen LogP contribution in [0.5, 0.6) is 0 Å². The highest BCUT2D eigenvalue weighted by molar-refractivity contribution is 6.39. The molecule has 5 heteroatoms. The zero-order valence-electron chi connectivity index (χ0n) is 9.36. The molecule has 1 rings (SSSR count). The molecule has 1 aromatic heterocycles. The Labute approximate surface area is 94.3 Å². The molecule has 1 heterocycles. The first-order valence-corrected chi connectivity index (χ1v) is 5.15. The summed E-state index contributed by atoms with van der Waals surface area (Å²) >= 11 is 0. The van der Waals surface area contributed by atoms with E-state index in [2.05, 4.69) is 15.6 Å². The van der Waals surface area contributed by atoms with Crippen molar-refractivity contribution >= 4 is 17.5 Å². The zero-order chi connectivity index (χ0) is 12.0. The quantitative estimate of drug-likeness (QED) is 0.746. The molecule has 0 aromatic carbocycles. The van der Waals surface area contributed by atoms with E-state index in [-0.39, 0.29) is 6.04 Å². The summed E-state index contributed by atoms with van der Waals surface area (Å²) < 4.78 is 0. The van der Waals surface area contributed by atoms with Gasteiger partial charge in [-0.1, -0.05) is 6.92 Å². The lowest BCUT2D eigenvalue weighted by Gasteiger charge is -2.10. The van der Waals surface area contributed by atoms with Gasteiger partial charge in [-0.05, 0) is 25.5 Å². The number of rotatable bonds is 3. The summed E-state index contributed by atoms with van der Waals surface area (Å²) in [5.74, 6) is -1.30. The topological polar surface area (TPSA) is 71.1 Å². The van der Waals surface area contributed by atoms with Crippen molar-refractivity contribution in [2.75, 3.05) is 5.32 Å². The van der Waals surface area contributed by atoms with Crippen molar-refractivity contribution < 1.29 is 9.59 Å². The van der Waals surface area contributed by atoms with Crippen molar-refractivity contribution in [1.29, 1.82) is 0 Å². The van der Waals surface area contributed by atoms with E-state index in [9.17, 15) is 9.59 Å². The molecule has 0 aliphatic heterocycles. The molecule has 86 valence electrons. The Kier molecular flexibility index (Phi) is 4.44. The molecule has 0 unspecified atom stereocenters. The molecule has 0 saturated carbocycles. The van der Waals surface area contributed by atoms with Crippen LogP contribution in [0.4, 0.5) is 5.69 Å². The number of hydrogen-bond donors (Lipinski definition) is 2. The van der Waals surface area contributed by atoms with Crippen molar-refractivity contribution in [3.05, 3.63) is 24.5 Å². The third-order valence-corrected chi connectivity index (χ3v) is 2.12. The van der Waals surface area contributed by atoms with Crippen molar-refractivity contribution in [1.82, 2.24) is 10.3 Å². The fourth-order valence-electron chi connectivity index (χ4n) is 1.02. The number of pyridine rings is 1. The van der Waals surface area contributed by atoms with Crippen LogP contribution in [0.2, 0.25) is 0 Å². The Bertz CT molecular complexity index is 365. The lowest BCUT2D eigenvalue weighted by molar-refractivity contribution is -0.136. The molecule has 2 amide bonds. The first kappa shape index (κ1) is 12.2. The van der Waals surface area contributed by atoms with E-state index >= 15 is 0 Å². The minimum atomic E-state index is -0.673. The second-order valence-electron chi connectivity index (χ2n) is 3.48. The van der Waals surface area contributed by atoms with Gasteiger partial charge in [0.05, 0.1) is 11.9 Å². The summed E-state index contributed by atoms with van der Waals surface area (Å²) in [7, 11) is 0. The van der Waals surface area contributed by atoms with Crippen LogP contribution in [0, 0.1) is 0 Å². The zero-order valence-corrected chi connectivity index (χ0v) is 9.36. The number of hydrogen-bond acceptors (Lipinski definition) is 3. The molecule has 0 bridgehead atoms. The maximum absolute atomic E-state index is 11.4. The number of carbonyl (C=O) groups excluding carboxylic acids is 2. The second-order valence-corrected chi connectivity index (χ2v) is 3.48. The summed E-state index contributed by atoms with van der Waals surface area (Å²) in [4.78, 5) is 26.6. The van der Waals surface area contributed by atoms with Crippen molar-refractivity contribution in [3.8, 4) is 0 Å². The molecule has 0 fully saturated rings. The van der Waals surface area contributed by atoms with Gasteiger partial charge in [-0.15, -0.1) is 0 Å². The summed E-state index contributed by atoms with van der Waals surface area (Å²) in [6.45, 7) is 3.78. The number of aromatic nitrogens is 1. The molecular weight excluding hydrogens is 206 g/mol. The van der Waals surface area contributed by atoms with E-state index in [0.29, 0.717) is 5.69 Å². The Morgan fingerprint density at radius 1 is 1.44 bits per heavy atom. The van der Waals surface area contributed by atoms with Crippen LogP contribution >= 0.6 is 0 Å². The van der Waals surface area contributed by atoms with Crippen molar-refractivity contribution in [2.24, 2.45) is 0 Å². The molecular formula is C11H15N3O2. The van der Waals surface area contributed by atoms with Gasteiger partial charge in [0, 0.05) is 12.2 Å². The van der Waals surface area contributed by atoms with E-state index in [1.165, 1.54) is 6.20 Å². The second kappa shape index (κ2) is 5.85. The SMILES string of the molecule is CC[C@H](C)NC(=O)C(=O)Nc1cccnc1. The van der Waals surface area contributed by atoms with Gasteiger partial charge in [0.1, 0.15) is 0 Å². The maximum Gasteiger partial charge on any atom is 0.313 e. The van der Waals surface area contributed by atoms with Crippen LogP contribution in [0.1, 0.15) is 20.3 Å². The van der Waals surface area contributed by atoms with Crippen molar-refractivity contribution in [2.45, 2.75) is 26.3 Å². The number of nitrogens with one attached hydrogen (secondary N) is 2. The minimum absolute atomic E-state index is 0.00727. The lowest BCUT2D eigenvalue weighted by Crippen LogP contribution is -2.40. The fraction of sp³-hybridized carbons (Fsp3) is 0.364. The normalized spacial score (nSPS) is 11.6. The number of amides is 2. The molecule has 2 N–H and O–H groups in total.